The van der Waals surface area contributed by atoms with Gasteiger partial charge >= 0.3 is 0 Å². The van der Waals surface area contributed by atoms with Crippen molar-refractivity contribution in [2.75, 3.05) is 20.2 Å². The van der Waals surface area contributed by atoms with Crippen LogP contribution in [0.5, 0.6) is 5.75 Å². The fraction of sp³-hybridized carbons (Fsp3) is 0.647. The maximum absolute atomic E-state index is 5.55. The Hall–Kier alpha value is -0.540. The number of halogens is 1. The number of hydrogen-bond acceptors (Lipinski definition) is 2. The summed E-state index contributed by atoms with van der Waals surface area (Å²) in [7, 11) is 1.77. The third-order valence-corrected chi connectivity index (χ3v) is 4.97. The van der Waals surface area contributed by atoms with Crippen molar-refractivity contribution in [1.29, 1.82) is 0 Å². The van der Waals surface area contributed by atoms with Gasteiger partial charge in [0, 0.05) is 11.0 Å². The summed E-state index contributed by atoms with van der Waals surface area (Å²) in [5.41, 5.74) is 1.74. The van der Waals surface area contributed by atoms with Crippen LogP contribution < -0.4 is 10.1 Å². The molecule has 0 saturated heterocycles. The van der Waals surface area contributed by atoms with Crippen LogP contribution in [-0.2, 0) is 6.42 Å². The first-order chi connectivity index (χ1) is 9.69. The molecule has 0 spiro atoms. The quantitative estimate of drug-likeness (QED) is 0.820. The van der Waals surface area contributed by atoms with Gasteiger partial charge in [0.15, 0.2) is 0 Å². The molecule has 1 aromatic carbocycles. The lowest BCUT2D eigenvalue weighted by Crippen LogP contribution is -2.38. The van der Waals surface area contributed by atoms with E-state index in [0.29, 0.717) is 5.41 Å². The highest BCUT2D eigenvalue weighted by molar-refractivity contribution is 9.10. The number of nitrogens with one attached hydrogen (secondary N) is 1. The molecule has 0 heterocycles. The van der Waals surface area contributed by atoms with Crippen LogP contribution in [0.4, 0.5) is 0 Å². The van der Waals surface area contributed by atoms with E-state index in [9.17, 15) is 0 Å². The van der Waals surface area contributed by atoms with Gasteiger partial charge in [-0.3, -0.25) is 0 Å². The highest BCUT2D eigenvalue weighted by atomic mass is 79.9. The molecular formula is C17H26BrNO. The summed E-state index contributed by atoms with van der Waals surface area (Å²) in [5, 5.41) is 3.58. The van der Waals surface area contributed by atoms with Crippen molar-refractivity contribution in [1.82, 2.24) is 5.32 Å². The van der Waals surface area contributed by atoms with Crippen LogP contribution in [0.3, 0.4) is 0 Å². The van der Waals surface area contributed by atoms with Crippen LogP contribution in [0.1, 0.15) is 44.6 Å². The molecule has 1 saturated carbocycles. The molecule has 2 rings (SSSR count). The summed E-state index contributed by atoms with van der Waals surface area (Å²) in [6, 6.07) is 6.35. The number of rotatable bonds is 6. The van der Waals surface area contributed by atoms with E-state index in [1.807, 2.05) is 0 Å². The van der Waals surface area contributed by atoms with Crippen molar-refractivity contribution in [3.05, 3.63) is 28.2 Å². The average Bonchev–Trinajstić information content (AvgIpc) is 2.46. The molecule has 0 amide bonds. The first kappa shape index (κ1) is 15.8. The molecule has 1 N–H and O–H groups in total. The molecule has 3 heteroatoms. The van der Waals surface area contributed by atoms with E-state index in [2.05, 4.69) is 46.4 Å². The Morgan fingerprint density at radius 1 is 1.25 bits per heavy atom. The second kappa shape index (κ2) is 7.46. The van der Waals surface area contributed by atoms with E-state index in [4.69, 9.17) is 4.74 Å². The predicted octanol–water partition coefficient (Wildman–Crippen LogP) is 4.56. The summed E-state index contributed by atoms with van der Waals surface area (Å²) in [6.45, 7) is 4.37. The van der Waals surface area contributed by atoms with Crippen molar-refractivity contribution in [2.24, 2.45) is 5.41 Å². The highest BCUT2D eigenvalue weighted by Crippen LogP contribution is 2.41. The predicted molar refractivity (Wildman–Crippen MR) is 88.5 cm³/mol. The summed E-state index contributed by atoms with van der Waals surface area (Å²) >= 11 is 3.59. The second-order valence-corrected chi connectivity index (χ2v) is 6.89. The lowest BCUT2D eigenvalue weighted by Gasteiger charge is -2.38. The third kappa shape index (κ3) is 3.98. The van der Waals surface area contributed by atoms with Gasteiger partial charge in [0.25, 0.3) is 0 Å². The average molecular weight is 340 g/mol. The Morgan fingerprint density at radius 3 is 2.65 bits per heavy atom. The molecule has 0 aliphatic heterocycles. The second-order valence-electron chi connectivity index (χ2n) is 5.97. The molecular weight excluding hydrogens is 314 g/mol. The van der Waals surface area contributed by atoms with Crippen molar-refractivity contribution in [2.45, 2.75) is 45.4 Å². The fourth-order valence-electron chi connectivity index (χ4n) is 3.40. The summed E-state index contributed by atoms with van der Waals surface area (Å²) < 4.78 is 6.69. The Kier molecular flexibility index (Phi) is 5.91. The Morgan fingerprint density at radius 2 is 2.00 bits per heavy atom. The number of methoxy groups -OCH3 is 1. The van der Waals surface area contributed by atoms with Gasteiger partial charge in [-0.1, -0.05) is 42.1 Å². The Bertz CT molecular complexity index is 427. The van der Waals surface area contributed by atoms with Crippen molar-refractivity contribution >= 4 is 15.9 Å². The first-order valence-electron chi connectivity index (χ1n) is 7.72. The van der Waals surface area contributed by atoms with Gasteiger partial charge in [-0.2, -0.15) is 0 Å². The molecule has 0 unspecified atom stereocenters. The summed E-state index contributed by atoms with van der Waals surface area (Å²) in [5.74, 6) is 1.02. The Balaban J connectivity index is 2.20. The molecule has 1 aliphatic rings. The van der Waals surface area contributed by atoms with Crippen LogP contribution >= 0.6 is 15.9 Å². The van der Waals surface area contributed by atoms with Crippen LogP contribution in [-0.4, -0.2) is 20.2 Å². The zero-order chi connectivity index (χ0) is 14.4. The monoisotopic (exact) mass is 339 g/mol. The minimum atomic E-state index is 0.405. The smallest absolute Gasteiger partial charge is 0.122 e. The molecule has 0 atom stereocenters. The molecule has 1 aliphatic carbocycles. The zero-order valence-electron chi connectivity index (χ0n) is 12.7. The molecule has 2 nitrogen and oxygen atoms in total. The van der Waals surface area contributed by atoms with E-state index < -0.39 is 0 Å². The molecule has 0 radical (unpaired) electrons. The lowest BCUT2D eigenvalue weighted by molar-refractivity contribution is 0.180. The van der Waals surface area contributed by atoms with E-state index in [1.54, 1.807) is 7.11 Å². The molecule has 0 aromatic heterocycles. The minimum absolute atomic E-state index is 0.405. The van der Waals surface area contributed by atoms with E-state index in [1.165, 1.54) is 37.7 Å². The number of benzene rings is 1. The largest absolute Gasteiger partial charge is 0.496 e. The van der Waals surface area contributed by atoms with Gasteiger partial charge in [0.05, 0.1) is 7.11 Å². The van der Waals surface area contributed by atoms with Crippen LogP contribution in [0, 0.1) is 5.41 Å². The normalized spacial score (nSPS) is 17.9. The van der Waals surface area contributed by atoms with Gasteiger partial charge < -0.3 is 10.1 Å². The zero-order valence-corrected chi connectivity index (χ0v) is 14.3. The maximum Gasteiger partial charge on any atom is 0.122 e. The van der Waals surface area contributed by atoms with Gasteiger partial charge in [0.1, 0.15) is 5.75 Å². The fourth-order valence-corrected chi connectivity index (χ4v) is 3.81. The SMILES string of the molecule is CCNCC1(Cc2cc(Br)ccc2OC)CCCCC1. The van der Waals surface area contributed by atoms with E-state index >= 15 is 0 Å². The van der Waals surface area contributed by atoms with Gasteiger partial charge in [-0.05, 0) is 55.0 Å². The molecule has 0 bridgehead atoms. The van der Waals surface area contributed by atoms with Gasteiger partial charge in [-0.15, -0.1) is 0 Å². The van der Waals surface area contributed by atoms with Crippen molar-refractivity contribution in [3.8, 4) is 5.75 Å². The van der Waals surface area contributed by atoms with E-state index in [-0.39, 0.29) is 0 Å². The third-order valence-electron chi connectivity index (χ3n) is 4.47. The maximum atomic E-state index is 5.55. The van der Waals surface area contributed by atoms with E-state index in [0.717, 1.165) is 29.7 Å². The Labute approximate surface area is 131 Å². The summed E-state index contributed by atoms with van der Waals surface area (Å²) in [4.78, 5) is 0. The minimum Gasteiger partial charge on any atom is -0.496 e. The number of ether oxygens (including phenoxy) is 1. The lowest BCUT2D eigenvalue weighted by atomic mass is 9.70. The molecule has 1 fully saturated rings. The van der Waals surface area contributed by atoms with Crippen LogP contribution in [0.25, 0.3) is 0 Å². The molecule has 1 aromatic rings. The first-order valence-corrected chi connectivity index (χ1v) is 8.51. The van der Waals surface area contributed by atoms with Gasteiger partial charge in [-0.25, -0.2) is 0 Å². The molecule has 112 valence electrons. The van der Waals surface area contributed by atoms with Crippen LogP contribution in [0.15, 0.2) is 22.7 Å². The topological polar surface area (TPSA) is 21.3 Å². The highest BCUT2D eigenvalue weighted by Gasteiger charge is 2.32. The van der Waals surface area contributed by atoms with Crippen molar-refractivity contribution in [3.63, 3.8) is 0 Å². The van der Waals surface area contributed by atoms with Gasteiger partial charge in [0.2, 0.25) is 0 Å². The van der Waals surface area contributed by atoms with Crippen LogP contribution in [0.2, 0.25) is 0 Å². The molecule has 20 heavy (non-hydrogen) atoms. The standard InChI is InChI=1S/C17H26BrNO/c1-3-19-13-17(9-5-4-6-10-17)12-14-11-15(18)7-8-16(14)20-2/h7-8,11,19H,3-6,9-10,12-13H2,1-2H3. The number of hydrogen-bond donors (Lipinski definition) is 1. The summed E-state index contributed by atoms with van der Waals surface area (Å²) in [6.07, 6.45) is 7.89. The van der Waals surface area contributed by atoms with Crippen molar-refractivity contribution < 1.29 is 4.74 Å².